The van der Waals surface area contributed by atoms with Crippen LogP contribution in [-0.4, -0.2) is 68.6 Å². The molecule has 0 aliphatic carbocycles. The summed E-state index contributed by atoms with van der Waals surface area (Å²) in [5, 5.41) is 14.3. The molecule has 10 nitrogen and oxygen atoms in total. The summed E-state index contributed by atoms with van der Waals surface area (Å²) in [7, 11) is 0. The number of nitrogens with one attached hydrogen (secondary N) is 2. The Labute approximate surface area is 184 Å². The topological polar surface area (TPSA) is 114 Å². The first kappa shape index (κ1) is 20.2. The molecule has 1 amide bonds. The van der Waals surface area contributed by atoms with Gasteiger partial charge in [-0.15, -0.1) is 0 Å². The van der Waals surface area contributed by atoms with E-state index in [1.165, 1.54) is 0 Å². The molecule has 1 fully saturated rings. The highest BCUT2D eigenvalue weighted by atomic mass is 16.5. The number of aromatic nitrogens is 5. The van der Waals surface area contributed by atoms with Crippen LogP contribution in [0.4, 0.5) is 5.69 Å². The Bertz CT molecular complexity index is 1160. The number of rotatable bonds is 7. The van der Waals surface area contributed by atoms with Gasteiger partial charge >= 0.3 is 0 Å². The van der Waals surface area contributed by atoms with Crippen molar-refractivity contribution in [2.45, 2.75) is 6.54 Å². The maximum atomic E-state index is 12.9. The number of hydrogen-bond acceptors (Lipinski definition) is 7. The quantitative estimate of drug-likeness (QED) is 0.460. The van der Waals surface area contributed by atoms with Crippen molar-refractivity contribution >= 4 is 11.6 Å². The largest absolute Gasteiger partial charge is 0.451 e. The van der Waals surface area contributed by atoms with E-state index in [1.54, 1.807) is 30.7 Å². The number of hydrogen-bond donors (Lipinski definition) is 2. The van der Waals surface area contributed by atoms with E-state index in [2.05, 4.69) is 25.4 Å². The van der Waals surface area contributed by atoms with Crippen molar-refractivity contribution in [2.75, 3.05) is 38.2 Å². The van der Waals surface area contributed by atoms with Gasteiger partial charge in [0, 0.05) is 38.2 Å². The number of ether oxygens (including phenoxy) is 1. The lowest BCUT2D eigenvalue weighted by Gasteiger charge is -2.26. The minimum atomic E-state index is -0.357. The Kier molecular flexibility index (Phi) is 5.77. The lowest BCUT2D eigenvalue weighted by atomic mass is 10.2. The summed E-state index contributed by atoms with van der Waals surface area (Å²) in [4.78, 5) is 19.6. The zero-order chi connectivity index (χ0) is 21.8. The molecule has 1 aliphatic rings. The molecule has 5 rings (SSSR count). The second-order valence-electron chi connectivity index (χ2n) is 7.43. The van der Waals surface area contributed by atoms with E-state index in [1.807, 2.05) is 29.1 Å². The monoisotopic (exact) mass is 433 g/mol. The normalized spacial score (nSPS) is 14.5. The van der Waals surface area contributed by atoms with Crippen LogP contribution < -0.4 is 5.32 Å². The number of H-pyrrole nitrogens is 1. The predicted molar refractivity (Wildman–Crippen MR) is 117 cm³/mol. The Balaban J connectivity index is 1.35. The van der Waals surface area contributed by atoms with Gasteiger partial charge in [-0.05, 0) is 24.3 Å². The van der Waals surface area contributed by atoms with Crippen LogP contribution in [0.2, 0.25) is 0 Å². The van der Waals surface area contributed by atoms with Gasteiger partial charge in [0.1, 0.15) is 11.5 Å². The molecule has 10 heteroatoms. The highest BCUT2D eigenvalue weighted by Crippen LogP contribution is 2.26. The van der Waals surface area contributed by atoms with E-state index >= 15 is 0 Å². The average molecular weight is 433 g/mol. The highest BCUT2D eigenvalue weighted by molar-refractivity contribution is 6.04. The number of carbonyl (C=O) groups excluding carboxylic acids is 1. The molecular formula is C22H23N7O3. The molecule has 4 aromatic heterocycles. The van der Waals surface area contributed by atoms with Crippen LogP contribution in [0.3, 0.4) is 0 Å². The van der Waals surface area contributed by atoms with Crippen molar-refractivity contribution in [3.63, 3.8) is 0 Å². The lowest BCUT2D eigenvalue weighted by molar-refractivity contribution is 0.0360. The predicted octanol–water partition coefficient (Wildman–Crippen LogP) is 2.51. The van der Waals surface area contributed by atoms with Crippen LogP contribution in [0, 0.1) is 0 Å². The molecule has 0 unspecified atom stereocenters. The van der Waals surface area contributed by atoms with Crippen molar-refractivity contribution in [1.82, 2.24) is 29.9 Å². The zero-order valence-corrected chi connectivity index (χ0v) is 17.4. The van der Waals surface area contributed by atoms with E-state index in [-0.39, 0.29) is 11.7 Å². The molecule has 0 aromatic carbocycles. The Hall–Kier alpha value is -3.76. The minimum Gasteiger partial charge on any atom is -0.451 e. The van der Waals surface area contributed by atoms with E-state index in [0.717, 1.165) is 38.4 Å². The highest BCUT2D eigenvalue weighted by Gasteiger charge is 2.19. The molecule has 4 aromatic rings. The van der Waals surface area contributed by atoms with E-state index in [0.29, 0.717) is 29.4 Å². The van der Waals surface area contributed by atoms with Crippen LogP contribution >= 0.6 is 0 Å². The first-order chi connectivity index (χ1) is 15.8. The fourth-order valence-corrected chi connectivity index (χ4v) is 3.57. The fraction of sp³-hybridized carbons (Fsp3) is 0.273. The van der Waals surface area contributed by atoms with Crippen molar-refractivity contribution in [2.24, 2.45) is 0 Å². The van der Waals surface area contributed by atoms with Crippen LogP contribution in [0.25, 0.3) is 22.7 Å². The third kappa shape index (κ3) is 4.46. The maximum absolute atomic E-state index is 12.9. The summed E-state index contributed by atoms with van der Waals surface area (Å²) in [6.07, 6.45) is 6.88. The number of amides is 1. The lowest BCUT2D eigenvalue weighted by Crippen LogP contribution is -2.38. The number of nitrogens with zero attached hydrogens (tertiary/aromatic N) is 5. The number of anilines is 1. The van der Waals surface area contributed by atoms with Crippen molar-refractivity contribution in [1.29, 1.82) is 0 Å². The van der Waals surface area contributed by atoms with Gasteiger partial charge in [-0.2, -0.15) is 10.2 Å². The fourth-order valence-electron chi connectivity index (χ4n) is 3.57. The summed E-state index contributed by atoms with van der Waals surface area (Å²) in [6, 6.07) is 8.99. The first-order valence-corrected chi connectivity index (χ1v) is 10.5. The zero-order valence-electron chi connectivity index (χ0n) is 17.4. The molecule has 0 radical (unpaired) electrons. The maximum Gasteiger partial charge on any atom is 0.291 e. The molecule has 0 spiro atoms. The SMILES string of the molecule is O=C(Nc1cn(CCN2CCOCC2)nc1-c1ccccn1)c1ccc(-c2cn[nH]c2)o1. The molecule has 5 heterocycles. The first-order valence-electron chi connectivity index (χ1n) is 10.5. The average Bonchev–Trinajstić information content (AvgIpc) is 3.60. The van der Waals surface area contributed by atoms with Crippen molar-refractivity contribution in [3.05, 3.63) is 60.9 Å². The molecule has 0 bridgehead atoms. The number of pyridine rings is 1. The van der Waals surface area contributed by atoms with E-state index in [9.17, 15) is 4.79 Å². The van der Waals surface area contributed by atoms with Crippen LogP contribution in [0.5, 0.6) is 0 Å². The van der Waals surface area contributed by atoms with Crippen LogP contribution in [0.15, 0.2) is 59.5 Å². The third-order valence-corrected chi connectivity index (χ3v) is 5.28. The van der Waals surface area contributed by atoms with E-state index < -0.39 is 0 Å². The van der Waals surface area contributed by atoms with Crippen LogP contribution in [0.1, 0.15) is 10.6 Å². The summed E-state index contributed by atoms with van der Waals surface area (Å²) in [5.74, 6) is 0.411. The van der Waals surface area contributed by atoms with Gasteiger partial charge in [-0.3, -0.25) is 24.5 Å². The second kappa shape index (κ2) is 9.16. The number of furan rings is 1. The summed E-state index contributed by atoms with van der Waals surface area (Å²) < 4.78 is 13.0. The molecular weight excluding hydrogens is 410 g/mol. The van der Waals surface area contributed by atoms with Gasteiger partial charge in [0.2, 0.25) is 0 Å². The van der Waals surface area contributed by atoms with Gasteiger partial charge in [-0.25, -0.2) is 0 Å². The number of carbonyl (C=O) groups is 1. The summed E-state index contributed by atoms with van der Waals surface area (Å²) in [5.41, 5.74) is 2.65. The van der Waals surface area contributed by atoms with Gasteiger partial charge in [-0.1, -0.05) is 6.07 Å². The Morgan fingerprint density at radius 1 is 1.16 bits per heavy atom. The van der Waals surface area contributed by atoms with Gasteiger partial charge in [0.25, 0.3) is 5.91 Å². The van der Waals surface area contributed by atoms with Gasteiger partial charge in [0.05, 0.1) is 42.9 Å². The second-order valence-corrected chi connectivity index (χ2v) is 7.43. The molecule has 1 saturated heterocycles. The molecule has 32 heavy (non-hydrogen) atoms. The molecule has 164 valence electrons. The molecule has 1 aliphatic heterocycles. The van der Waals surface area contributed by atoms with Gasteiger partial charge < -0.3 is 14.5 Å². The van der Waals surface area contributed by atoms with E-state index in [4.69, 9.17) is 14.3 Å². The summed E-state index contributed by atoms with van der Waals surface area (Å²) >= 11 is 0. The third-order valence-electron chi connectivity index (χ3n) is 5.28. The van der Waals surface area contributed by atoms with Crippen molar-refractivity contribution in [3.8, 4) is 22.7 Å². The smallest absolute Gasteiger partial charge is 0.291 e. The molecule has 0 saturated carbocycles. The van der Waals surface area contributed by atoms with Gasteiger partial charge in [0.15, 0.2) is 5.76 Å². The van der Waals surface area contributed by atoms with Crippen molar-refractivity contribution < 1.29 is 13.9 Å². The number of morpholine rings is 1. The van der Waals surface area contributed by atoms with Crippen LogP contribution in [-0.2, 0) is 11.3 Å². The molecule has 0 atom stereocenters. The minimum absolute atomic E-state index is 0.203. The molecule has 2 N–H and O–H groups in total. The summed E-state index contributed by atoms with van der Waals surface area (Å²) in [6.45, 7) is 4.88. The Morgan fingerprint density at radius 2 is 2.06 bits per heavy atom. The standard InChI is InChI=1S/C22H23N7O3/c30-22(20-5-4-19(32-20)16-13-24-25-14-16)26-18-15-29(8-7-28-9-11-31-12-10-28)27-21(18)17-3-1-2-6-23-17/h1-6,13-15H,7-12H2,(H,24,25)(H,26,30). The number of aromatic amines is 1. The Morgan fingerprint density at radius 3 is 2.84 bits per heavy atom.